The van der Waals surface area contributed by atoms with E-state index >= 15 is 0 Å². The summed E-state index contributed by atoms with van der Waals surface area (Å²) in [5.41, 5.74) is -0.725. The fraction of sp³-hybridized carbons (Fsp3) is 0.587. The highest BCUT2D eigenvalue weighted by Crippen LogP contribution is 2.30. The molecular weight excluding hydrogens is 767 g/mol. The summed E-state index contributed by atoms with van der Waals surface area (Å²) in [4.78, 5) is 71.9. The number of nitrogens with one attached hydrogen (secondary N) is 2. The second-order valence-electron chi connectivity index (χ2n) is 19.4. The zero-order valence-electron chi connectivity index (χ0n) is 37.7. The second kappa shape index (κ2) is 19.5. The predicted molar refractivity (Wildman–Crippen MR) is 231 cm³/mol. The van der Waals surface area contributed by atoms with Crippen LogP contribution in [0.3, 0.4) is 0 Å². The molecule has 2 heterocycles. The molecule has 4 rings (SSSR count). The van der Waals surface area contributed by atoms with Crippen molar-refractivity contribution < 1.29 is 42.9 Å². The lowest BCUT2D eigenvalue weighted by molar-refractivity contribution is -0.162. The molecule has 0 spiro atoms. The molecule has 330 valence electrons. The van der Waals surface area contributed by atoms with Gasteiger partial charge in [-0.1, -0.05) is 48.5 Å². The zero-order valence-corrected chi connectivity index (χ0v) is 37.7. The largest absolute Gasteiger partial charge is 0.459 e. The first kappa shape index (κ1) is 47.6. The number of para-hydroxylation sites is 1. The van der Waals surface area contributed by atoms with Crippen molar-refractivity contribution in [1.29, 1.82) is 0 Å². The van der Waals surface area contributed by atoms with Gasteiger partial charge in [-0.05, 0) is 126 Å². The number of carbonyl (C=O) groups excluding carboxylic acids is 5. The summed E-state index contributed by atoms with van der Waals surface area (Å²) in [6.45, 7) is 22.0. The molecule has 1 unspecified atom stereocenters. The highest BCUT2D eigenvalue weighted by Gasteiger charge is 2.45. The number of hydrogen-bond donors (Lipinski definition) is 2. The van der Waals surface area contributed by atoms with Gasteiger partial charge < -0.3 is 34.5 Å². The first-order chi connectivity index (χ1) is 27.8. The third-order valence-corrected chi connectivity index (χ3v) is 9.34. The van der Waals surface area contributed by atoms with Gasteiger partial charge in [-0.15, -0.1) is 0 Å². The van der Waals surface area contributed by atoms with E-state index in [0.29, 0.717) is 37.9 Å². The van der Waals surface area contributed by atoms with Crippen molar-refractivity contribution in [3.05, 3.63) is 71.9 Å². The maximum atomic E-state index is 14.7. The number of hydrogen-bond acceptors (Lipinski definition) is 10. The van der Waals surface area contributed by atoms with Gasteiger partial charge in [0.05, 0.1) is 24.1 Å². The number of aromatic nitrogens is 1. The van der Waals surface area contributed by atoms with Crippen LogP contribution in [0.5, 0.6) is 0 Å². The van der Waals surface area contributed by atoms with Crippen LogP contribution in [0, 0.1) is 0 Å². The van der Waals surface area contributed by atoms with Crippen molar-refractivity contribution in [2.24, 2.45) is 0 Å². The Labute approximate surface area is 355 Å². The minimum absolute atomic E-state index is 0.151. The molecule has 60 heavy (non-hydrogen) atoms. The van der Waals surface area contributed by atoms with E-state index in [4.69, 9.17) is 18.9 Å². The lowest BCUT2D eigenvalue weighted by Crippen LogP contribution is -2.68. The fourth-order valence-electron chi connectivity index (χ4n) is 7.17. The number of piperazine rings is 1. The number of esters is 1. The summed E-state index contributed by atoms with van der Waals surface area (Å²) in [6, 6.07) is 14.9. The first-order valence-electron chi connectivity index (χ1n) is 20.9. The normalized spacial score (nSPS) is 17.2. The van der Waals surface area contributed by atoms with E-state index in [9.17, 15) is 24.0 Å². The summed E-state index contributed by atoms with van der Waals surface area (Å²) in [5, 5.41) is 6.70. The molecule has 14 nitrogen and oxygen atoms in total. The van der Waals surface area contributed by atoms with Gasteiger partial charge in [-0.25, -0.2) is 14.4 Å². The molecule has 1 aliphatic rings. The molecular formula is C46H67N5O9. The van der Waals surface area contributed by atoms with E-state index in [1.54, 1.807) is 94.2 Å². The van der Waals surface area contributed by atoms with E-state index in [-0.39, 0.29) is 25.4 Å². The van der Waals surface area contributed by atoms with E-state index in [2.05, 4.69) is 10.6 Å². The molecule has 2 aromatic carbocycles. The molecule has 3 atom stereocenters. The van der Waals surface area contributed by atoms with Crippen molar-refractivity contribution in [3.63, 3.8) is 0 Å². The Hall–Kier alpha value is -5.11. The molecule has 3 aromatic rings. The monoisotopic (exact) mass is 833 g/mol. The van der Waals surface area contributed by atoms with Crippen molar-refractivity contribution in [2.75, 3.05) is 19.6 Å². The SMILES string of the molecule is CC(C)(C)OC(=O)CN1C([C@@H](Cc2cn(C(=O)OC(C)(C)C)c3ccccc23)NC(=O)OC(C)(C)C)CN(Cc2ccccc2)C(=O)[C@@H]1CCCCNC(=O)OC(C)(C)C. The molecule has 1 aliphatic heterocycles. The number of carbonyl (C=O) groups is 5. The van der Waals surface area contributed by atoms with Gasteiger partial charge in [0.15, 0.2) is 0 Å². The molecule has 1 fully saturated rings. The van der Waals surface area contributed by atoms with Crippen molar-refractivity contribution in [3.8, 4) is 0 Å². The molecule has 0 radical (unpaired) electrons. The minimum atomic E-state index is -0.824. The first-order valence-corrected chi connectivity index (χ1v) is 20.9. The van der Waals surface area contributed by atoms with Crippen LogP contribution in [0.1, 0.15) is 113 Å². The van der Waals surface area contributed by atoms with Gasteiger partial charge in [-0.2, -0.15) is 0 Å². The van der Waals surface area contributed by atoms with Crippen LogP contribution < -0.4 is 10.6 Å². The fourth-order valence-corrected chi connectivity index (χ4v) is 7.17. The van der Waals surface area contributed by atoms with E-state index in [1.165, 1.54) is 4.57 Å². The Morgan fingerprint density at radius 3 is 1.93 bits per heavy atom. The number of benzene rings is 2. The number of rotatable bonds is 13. The van der Waals surface area contributed by atoms with E-state index in [0.717, 1.165) is 16.5 Å². The highest BCUT2D eigenvalue weighted by atomic mass is 16.6. The van der Waals surface area contributed by atoms with E-state index < -0.39 is 64.8 Å². The van der Waals surface area contributed by atoms with E-state index in [1.807, 2.05) is 59.5 Å². The lowest BCUT2D eigenvalue weighted by atomic mass is 9.91. The van der Waals surface area contributed by atoms with Crippen LogP contribution in [0.15, 0.2) is 60.8 Å². The Kier molecular flexibility index (Phi) is 15.5. The maximum absolute atomic E-state index is 14.7. The average molecular weight is 834 g/mol. The van der Waals surface area contributed by atoms with Crippen LogP contribution in [0.25, 0.3) is 10.9 Å². The van der Waals surface area contributed by atoms with Crippen molar-refractivity contribution in [1.82, 2.24) is 25.0 Å². The molecule has 1 aromatic heterocycles. The van der Waals surface area contributed by atoms with Gasteiger partial charge in [0, 0.05) is 37.3 Å². The molecule has 0 saturated carbocycles. The average Bonchev–Trinajstić information content (AvgIpc) is 3.46. The topological polar surface area (TPSA) is 158 Å². The standard InChI is InChI=1S/C46H67N5O9/c1-43(2,3)57-38(52)30-50-36(24-18-19-25-47-40(54)58-44(4,5)6)39(53)49(27-31-20-14-13-15-21-31)29-37(50)34(48-41(55)59-45(7,8)9)26-32-28-51(42(56)60-46(10,11)12)35-23-17-16-22-33(32)35/h13-17,20-23,28,34,36-37H,18-19,24-27,29-30H2,1-12H3,(H,47,54)(H,48,55)/t34-,36+,37?/m1/s1. The smallest absolute Gasteiger partial charge is 0.419 e. The van der Waals surface area contributed by atoms with Gasteiger partial charge >= 0.3 is 24.2 Å². The summed E-state index contributed by atoms with van der Waals surface area (Å²) >= 11 is 0. The zero-order chi connectivity index (χ0) is 44.6. The van der Waals surface area contributed by atoms with Gasteiger partial charge in [0.1, 0.15) is 22.4 Å². The predicted octanol–water partition coefficient (Wildman–Crippen LogP) is 7.98. The Balaban J connectivity index is 1.81. The van der Waals surface area contributed by atoms with Gasteiger partial charge in [0.25, 0.3) is 0 Å². The number of alkyl carbamates (subject to hydrolysis) is 2. The van der Waals surface area contributed by atoms with Crippen molar-refractivity contribution >= 4 is 41.1 Å². The number of fused-ring (bicyclic) bond motifs is 1. The number of amides is 3. The summed E-state index contributed by atoms with van der Waals surface area (Å²) in [5.74, 6) is -0.692. The van der Waals surface area contributed by atoms with Crippen molar-refractivity contribution in [2.45, 2.75) is 156 Å². The van der Waals surface area contributed by atoms with Crippen LogP contribution in [0.2, 0.25) is 0 Å². The Morgan fingerprint density at radius 1 is 0.733 bits per heavy atom. The third kappa shape index (κ3) is 14.9. The molecule has 2 N–H and O–H groups in total. The van der Waals surface area contributed by atoms with Gasteiger partial charge in [-0.3, -0.25) is 19.1 Å². The van der Waals surface area contributed by atoms with Gasteiger partial charge in [0.2, 0.25) is 5.91 Å². The maximum Gasteiger partial charge on any atom is 0.419 e. The van der Waals surface area contributed by atoms with Crippen LogP contribution in [-0.4, -0.2) is 105 Å². The Bertz CT molecular complexity index is 1950. The second-order valence-corrected chi connectivity index (χ2v) is 19.4. The van der Waals surface area contributed by atoms with Crippen LogP contribution in [0.4, 0.5) is 14.4 Å². The minimum Gasteiger partial charge on any atom is -0.459 e. The lowest BCUT2D eigenvalue weighted by Gasteiger charge is -2.48. The molecule has 1 saturated heterocycles. The third-order valence-electron chi connectivity index (χ3n) is 9.34. The molecule has 3 amide bonds. The highest BCUT2D eigenvalue weighted by molar-refractivity contribution is 5.92. The summed E-state index contributed by atoms with van der Waals surface area (Å²) in [7, 11) is 0. The number of unbranched alkanes of at least 4 members (excludes halogenated alkanes) is 1. The van der Waals surface area contributed by atoms with Crippen LogP contribution in [-0.2, 0) is 41.5 Å². The molecule has 14 heteroatoms. The molecule has 0 aliphatic carbocycles. The number of ether oxygens (including phenoxy) is 4. The summed E-state index contributed by atoms with van der Waals surface area (Å²) < 4.78 is 24.3. The quantitative estimate of drug-likeness (QED) is 0.0983. The molecule has 0 bridgehead atoms. The number of nitrogens with zero attached hydrogens (tertiary/aromatic N) is 3. The Morgan fingerprint density at radius 2 is 1.32 bits per heavy atom. The van der Waals surface area contributed by atoms with Crippen LogP contribution >= 0.6 is 0 Å². The summed E-state index contributed by atoms with van der Waals surface area (Å²) in [6.07, 6.45) is 1.59.